The average Bonchev–Trinajstić information content (AvgIpc) is 3.54. The predicted octanol–water partition coefficient (Wildman–Crippen LogP) is 5.28. The van der Waals surface area contributed by atoms with Gasteiger partial charge in [-0.05, 0) is 48.9 Å². The topological polar surface area (TPSA) is 75.7 Å². The van der Waals surface area contributed by atoms with E-state index in [9.17, 15) is 8.78 Å². The standard InChI is InChI=1S/C22H24F3N5O/c23-18-14(13-9-10-31-11-13)5-6-15-20(18)28-22(26-15)19(12-3-1-2-4-12)27-17-8-7-16(21(24)25)29-30-17/h5-8,12-13,19,21H,1-4,9-11H2,(H,26,28)(H,27,30)/t13?,19-/m0/s1. The van der Waals surface area contributed by atoms with Gasteiger partial charge >= 0.3 is 0 Å². The van der Waals surface area contributed by atoms with E-state index in [1.807, 2.05) is 12.1 Å². The highest BCUT2D eigenvalue weighted by atomic mass is 19.3. The first-order valence-corrected chi connectivity index (χ1v) is 10.7. The van der Waals surface area contributed by atoms with Crippen LogP contribution in [0.15, 0.2) is 24.3 Å². The van der Waals surface area contributed by atoms with Gasteiger partial charge < -0.3 is 15.0 Å². The monoisotopic (exact) mass is 431 g/mol. The van der Waals surface area contributed by atoms with Crippen molar-refractivity contribution in [1.82, 2.24) is 20.2 Å². The third kappa shape index (κ3) is 3.98. The molecule has 1 aromatic carbocycles. The molecule has 1 aliphatic heterocycles. The molecule has 1 aliphatic carbocycles. The van der Waals surface area contributed by atoms with Crippen LogP contribution in [0.4, 0.5) is 19.0 Å². The predicted molar refractivity (Wildman–Crippen MR) is 110 cm³/mol. The van der Waals surface area contributed by atoms with Crippen LogP contribution in [0.2, 0.25) is 0 Å². The molecule has 2 fully saturated rings. The summed E-state index contributed by atoms with van der Waals surface area (Å²) in [5.74, 6) is 1.05. The molecule has 0 spiro atoms. The Balaban J connectivity index is 1.47. The summed E-state index contributed by atoms with van der Waals surface area (Å²) in [5, 5.41) is 10.8. The number of nitrogens with one attached hydrogen (secondary N) is 2. The Bertz CT molecular complexity index is 1040. The van der Waals surface area contributed by atoms with Gasteiger partial charge in [0.15, 0.2) is 5.82 Å². The molecule has 3 aromatic rings. The lowest BCUT2D eigenvalue weighted by Gasteiger charge is -2.23. The summed E-state index contributed by atoms with van der Waals surface area (Å²) in [6.45, 7) is 1.17. The molecule has 31 heavy (non-hydrogen) atoms. The SMILES string of the molecule is Fc1c(C2CCOC2)ccc2[nH]c([C@@H](Nc3ccc(C(F)F)nn3)C3CCCC3)nc12. The minimum Gasteiger partial charge on any atom is -0.381 e. The van der Waals surface area contributed by atoms with Crippen LogP contribution in [0.3, 0.4) is 0 Å². The third-order valence-electron chi connectivity index (χ3n) is 6.39. The van der Waals surface area contributed by atoms with E-state index in [-0.39, 0.29) is 29.4 Å². The number of aromatic amines is 1. The molecule has 0 amide bonds. The molecule has 2 N–H and O–H groups in total. The van der Waals surface area contributed by atoms with E-state index in [0.717, 1.165) is 32.1 Å². The number of aromatic nitrogens is 4. The smallest absolute Gasteiger partial charge is 0.282 e. The van der Waals surface area contributed by atoms with Crippen molar-refractivity contribution in [2.45, 2.75) is 50.5 Å². The average molecular weight is 431 g/mol. The van der Waals surface area contributed by atoms with Gasteiger partial charge in [-0.1, -0.05) is 18.9 Å². The van der Waals surface area contributed by atoms with Gasteiger partial charge in [-0.25, -0.2) is 18.2 Å². The van der Waals surface area contributed by atoms with E-state index in [1.165, 1.54) is 12.1 Å². The molecule has 3 heterocycles. The Kier molecular flexibility index (Phi) is 5.52. The van der Waals surface area contributed by atoms with E-state index in [1.54, 1.807) is 0 Å². The van der Waals surface area contributed by atoms with Crippen LogP contribution in [-0.2, 0) is 4.74 Å². The number of nitrogens with zero attached hydrogens (tertiary/aromatic N) is 3. The van der Waals surface area contributed by atoms with Gasteiger partial charge in [0, 0.05) is 12.5 Å². The molecule has 5 rings (SSSR count). The molecule has 0 radical (unpaired) electrons. The van der Waals surface area contributed by atoms with Gasteiger partial charge in [-0.15, -0.1) is 10.2 Å². The van der Waals surface area contributed by atoms with Crippen molar-refractivity contribution in [3.8, 4) is 0 Å². The van der Waals surface area contributed by atoms with Gasteiger partial charge in [-0.2, -0.15) is 0 Å². The summed E-state index contributed by atoms with van der Waals surface area (Å²) >= 11 is 0. The zero-order chi connectivity index (χ0) is 21.4. The number of fused-ring (bicyclic) bond motifs is 1. The number of anilines is 1. The fourth-order valence-corrected chi connectivity index (χ4v) is 4.71. The van der Waals surface area contributed by atoms with Crippen molar-refractivity contribution in [1.29, 1.82) is 0 Å². The number of benzene rings is 1. The van der Waals surface area contributed by atoms with Crippen LogP contribution < -0.4 is 5.32 Å². The van der Waals surface area contributed by atoms with Crippen molar-refractivity contribution < 1.29 is 17.9 Å². The second kappa shape index (κ2) is 8.45. The molecule has 2 aromatic heterocycles. The summed E-state index contributed by atoms with van der Waals surface area (Å²) < 4.78 is 46.3. The molecule has 1 saturated heterocycles. The Morgan fingerprint density at radius 1 is 1.06 bits per heavy atom. The lowest BCUT2D eigenvalue weighted by Crippen LogP contribution is -2.21. The van der Waals surface area contributed by atoms with E-state index >= 15 is 4.39 Å². The fraction of sp³-hybridized carbons (Fsp3) is 0.500. The zero-order valence-electron chi connectivity index (χ0n) is 17.0. The molecule has 9 heteroatoms. The lowest BCUT2D eigenvalue weighted by molar-refractivity contribution is 0.145. The first kappa shape index (κ1) is 20.2. The molecule has 2 atom stereocenters. The maximum Gasteiger partial charge on any atom is 0.282 e. The Labute approximate surface area is 177 Å². The summed E-state index contributed by atoms with van der Waals surface area (Å²) in [5.41, 5.74) is 1.24. The molecular weight excluding hydrogens is 407 g/mol. The first-order valence-electron chi connectivity index (χ1n) is 10.7. The Morgan fingerprint density at radius 3 is 2.58 bits per heavy atom. The maximum atomic E-state index is 15.3. The molecule has 1 unspecified atom stereocenters. The highest BCUT2D eigenvalue weighted by Crippen LogP contribution is 2.38. The third-order valence-corrected chi connectivity index (χ3v) is 6.39. The van der Waals surface area contributed by atoms with E-state index in [0.29, 0.717) is 41.5 Å². The van der Waals surface area contributed by atoms with E-state index < -0.39 is 6.43 Å². The van der Waals surface area contributed by atoms with Crippen LogP contribution >= 0.6 is 0 Å². The molecule has 2 aliphatic rings. The van der Waals surface area contributed by atoms with Gasteiger partial charge in [0.1, 0.15) is 22.9 Å². The number of H-pyrrole nitrogens is 1. The quantitative estimate of drug-likeness (QED) is 0.556. The highest BCUT2D eigenvalue weighted by Gasteiger charge is 2.30. The van der Waals surface area contributed by atoms with Crippen LogP contribution in [0.5, 0.6) is 0 Å². The summed E-state index contributed by atoms with van der Waals surface area (Å²) in [4.78, 5) is 7.90. The largest absolute Gasteiger partial charge is 0.381 e. The first-order chi connectivity index (χ1) is 15.1. The van der Waals surface area contributed by atoms with Crippen molar-refractivity contribution in [2.75, 3.05) is 18.5 Å². The van der Waals surface area contributed by atoms with Gasteiger partial charge in [0.05, 0.1) is 18.2 Å². The minimum atomic E-state index is -2.66. The molecule has 0 bridgehead atoms. The van der Waals surface area contributed by atoms with Crippen LogP contribution in [0.1, 0.15) is 67.6 Å². The highest BCUT2D eigenvalue weighted by molar-refractivity contribution is 5.77. The number of hydrogen-bond donors (Lipinski definition) is 2. The van der Waals surface area contributed by atoms with Crippen LogP contribution in [0.25, 0.3) is 11.0 Å². The Morgan fingerprint density at radius 2 is 1.90 bits per heavy atom. The molecular formula is C22H24F3N5O. The minimum absolute atomic E-state index is 0.0527. The summed E-state index contributed by atoms with van der Waals surface area (Å²) in [7, 11) is 0. The maximum absolute atomic E-state index is 15.3. The van der Waals surface area contributed by atoms with Crippen molar-refractivity contribution in [2.24, 2.45) is 5.92 Å². The van der Waals surface area contributed by atoms with Crippen molar-refractivity contribution >= 4 is 16.9 Å². The Hall–Kier alpha value is -2.68. The summed E-state index contributed by atoms with van der Waals surface area (Å²) in [6.07, 6.45) is 2.37. The number of alkyl halides is 2. The normalized spacial score (nSPS) is 20.7. The number of halogens is 3. The van der Waals surface area contributed by atoms with Gasteiger partial charge in [0.25, 0.3) is 6.43 Å². The summed E-state index contributed by atoms with van der Waals surface area (Å²) in [6, 6.07) is 6.20. The second-order valence-electron chi connectivity index (χ2n) is 8.36. The molecule has 6 nitrogen and oxygen atoms in total. The zero-order valence-corrected chi connectivity index (χ0v) is 17.0. The lowest BCUT2D eigenvalue weighted by atomic mass is 9.97. The van der Waals surface area contributed by atoms with Gasteiger partial charge in [0.2, 0.25) is 0 Å². The fourth-order valence-electron chi connectivity index (χ4n) is 4.71. The molecule has 164 valence electrons. The number of rotatable bonds is 6. The van der Waals surface area contributed by atoms with Crippen LogP contribution in [0, 0.1) is 11.7 Å². The van der Waals surface area contributed by atoms with Crippen molar-refractivity contribution in [3.05, 3.63) is 47.2 Å². The second-order valence-corrected chi connectivity index (χ2v) is 8.36. The van der Waals surface area contributed by atoms with Crippen molar-refractivity contribution in [3.63, 3.8) is 0 Å². The van der Waals surface area contributed by atoms with Crippen LogP contribution in [-0.4, -0.2) is 33.4 Å². The van der Waals surface area contributed by atoms with E-state index in [4.69, 9.17) is 4.74 Å². The van der Waals surface area contributed by atoms with E-state index in [2.05, 4.69) is 25.5 Å². The van der Waals surface area contributed by atoms with Gasteiger partial charge in [-0.3, -0.25) is 0 Å². The number of imidazole rings is 1. The molecule has 1 saturated carbocycles. The number of hydrogen-bond acceptors (Lipinski definition) is 5. The number of ether oxygens (including phenoxy) is 1.